The molecule has 21 heavy (non-hydrogen) atoms. The molecule has 1 aromatic heterocycles. The molecular formula is C20H15N. The van der Waals surface area contributed by atoms with Gasteiger partial charge in [-0.15, -0.1) is 0 Å². The van der Waals surface area contributed by atoms with Crippen molar-refractivity contribution < 1.29 is 0 Å². The summed E-state index contributed by atoms with van der Waals surface area (Å²) in [4.78, 5) is 3.56. The van der Waals surface area contributed by atoms with Crippen molar-refractivity contribution in [2.45, 2.75) is 0 Å². The lowest BCUT2D eigenvalue weighted by molar-refractivity contribution is 1.53. The van der Waals surface area contributed by atoms with E-state index in [1.54, 1.807) is 0 Å². The minimum absolute atomic E-state index is 1.16. The molecule has 0 saturated carbocycles. The Bertz CT molecular complexity index is 960. The third-order valence-electron chi connectivity index (χ3n) is 4.01. The number of fused-ring (bicyclic) bond motifs is 3. The van der Waals surface area contributed by atoms with Crippen LogP contribution in [0.25, 0.3) is 39.0 Å². The number of aromatic nitrogens is 1. The molecule has 1 heterocycles. The fourth-order valence-electron chi connectivity index (χ4n) is 3.02. The van der Waals surface area contributed by atoms with Crippen LogP contribution in [0.15, 0.2) is 73.3 Å². The van der Waals surface area contributed by atoms with Crippen molar-refractivity contribution in [1.82, 2.24) is 4.98 Å². The summed E-state index contributed by atoms with van der Waals surface area (Å²) in [5.41, 5.74) is 5.96. The van der Waals surface area contributed by atoms with Gasteiger partial charge in [0.1, 0.15) is 0 Å². The first-order valence-corrected chi connectivity index (χ1v) is 7.10. The van der Waals surface area contributed by atoms with Crippen molar-refractivity contribution in [2.24, 2.45) is 0 Å². The zero-order valence-corrected chi connectivity index (χ0v) is 11.6. The Kier molecular flexibility index (Phi) is 2.65. The molecule has 0 spiro atoms. The van der Waals surface area contributed by atoms with Crippen molar-refractivity contribution in [3.63, 3.8) is 0 Å². The maximum Gasteiger partial charge on any atom is 0.0544 e. The van der Waals surface area contributed by atoms with E-state index in [1.165, 1.54) is 32.9 Å². The second-order valence-electron chi connectivity index (χ2n) is 5.19. The molecule has 0 unspecified atom stereocenters. The lowest BCUT2D eigenvalue weighted by Crippen LogP contribution is -1.84. The highest BCUT2D eigenvalue weighted by Crippen LogP contribution is 2.34. The number of rotatable bonds is 2. The molecule has 0 saturated heterocycles. The van der Waals surface area contributed by atoms with Gasteiger partial charge in [0.25, 0.3) is 0 Å². The predicted octanol–water partition coefficient (Wildman–Crippen LogP) is 5.63. The van der Waals surface area contributed by atoms with Gasteiger partial charge in [0.05, 0.1) is 5.52 Å². The van der Waals surface area contributed by atoms with Gasteiger partial charge in [-0.3, -0.25) is 0 Å². The molecule has 1 N–H and O–H groups in total. The normalized spacial score (nSPS) is 11.0. The summed E-state index contributed by atoms with van der Waals surface area (Å²) in [5.74, 6) is 0. The van der Waals surface area contributed by atoms with Crippen molar-refractivity contribution in [1.29, 1.82) is 0 Å². The molecule has 0 aliphatic rings. The summed E-state index contributed by atoms with van der Waals surface area (Å²) in [7, 11) is 0. The van der Waals surface area contributed by atoms with E-state index in [1.807, 2.05) is 12.1 Å². The summed E-state index contributed by atoms with van der Waals surface area (Å²) < 4.78 is 0. The van der Waals surface area contributed by atoms with E-state index < -0.39 is 0 Å². The Morgan fingerprint density at radius 3 is 2.33 bits per heavy atom. The zero-order valence-electron chi connectivity index (χ0n) is 11.6. The van der Waals surface area contributed by atoms with Crippen LogP contribution in [0.5, 0.6) is 0 Å². The van der Waals surface area contributed by atoms with Crippen LogP contribution in [0.1, 0.15) is 5.56 Å². The van der Waals surface area contributed by atoms with Crippen LogP contribution in [-0.2, 0) is 0 Å². The molecule has 3 aromatic carbocycles. The van der Waals surface area contributed by atoms with Crippen LogP contribution in [0.4, 0.5) is 0 Å². The van der Waals surface area contributed by atoms with Crippen molar-refractivity contribution in [2.75, 3.05) is 0 Å². The maximum absolute atomic E-state index is 3.93. The first-order chi connectivity index (χ1) is 10.4. The van der Waals surface area contributed by atoms with Gasteiger partial charge in [-0.05, 0) is 17.2 Å². The summed E-state index contributed by atoms with van der Waals surface area (Å²) in [5, 5.41) is 2.53. The number of benzene rings is 3. The summed E-state index contributed by atoms with van der Waals surface area (Å²) in [6.45, 7) is 3.93. The highest BCUT2D eigenvalue weighted by molar-refractivity contribution is 6.12. The molecule has 0 bridgehead atoms. The molecule has 4 rings (SSSR count). The monoisotopic (exact) mass is 269 g/mol. The number of para-hydroxylation sites is 2. The fourth-order valence-corrected chi connectivity index (χ4v) is 3.02. The van der Waals surface area contributed by atoms with Crippen molar-refractivity contribution in [3.05, 3.63) is 78.9 Å². The van der Waals surface area contributed by atoms with E-state index in [0.29, 0.717) is 0 Å². The Balaban J connectivity index is 2.12. The number of H-pyrrole nitrogens is 1. The lowest BCUT2D eigenvalue weighted by atomic mass is 9.97. The number of aromatic amines is 1. The van der Waals surface area contributed by atoms with Crippen LogP contribution in [0, 0.1) is 0 Å². The van der Waals surface area contributed by atoms with E-state index in [0.717, 1.165) is 5.56 Å². The van der Waals surface area contributed by atoms with Crippen LogP contribution < -0.4 is 0 Å². The highest BCUT2D eigenvalue weighted by atomic mass is 14.7. The SMILES string of the molecule is C=Cc1ccccc1-c1cccc2c1[nH]c1ccccc12. The van der Waals surface area contributed by atoms with Gasteiger partial charge in [-0.2, -0.15) is 0 Å². The molecule has 0 amide bonds. The minimum atomic E-state index is 1.16. The van der Waals surface area contributed by atoms with Crippen molar-refractivity contribution in [3.8, 4) is 11.1 Å². The van der Waals surface area contributed by atoms with Gasteiger partial charge >= 0.3 is 0 Å². The van der Waals surface area contributed by atoms with Crippen LogP contribution >= 0.6 is 0 Å². The average Bonchev–Trinajstić information content (AvgIpc) is 2.93. The minimum Gasteiger partial charge on any atom is -0.354 e. The van der Waals surface area contributed by atoms with Gasteiger partial charge in [0.15, 0.2) is 0 Å². The second-order valence-corrected chi connectivity index (χ2v) is 5.19. The molecule has 1 heteroatoms. The molecular weight excluding hydrogens is 254 g/mol. The molecule has 0 aliphatic carbocycles. The topological polar surface area (TPSA) is 15.8 Å². The standard InChI is InChI=1S/C20H15N/c1-2-14-8-3-4-9-15(14)17-11-7-12-18-16-10-5-6-13-19(16)21-20(17)18/h2-13,21H,1H2. The molecule has 100 valence electrons. The Morgan fingerprint density at radius 2 is 1.43 bits per heavy atom. The van der Waals surface area contributed by atoms with E-state index in [-0.39, 0.29) is 0 Å². The number of hydrogen-bond acceptors (Lipinski definition) is 0. The van der Waals surface area contributed by atoms with Gasteiger partial charge in [0, 0.05) is 21.9 Å². The highest BCUT2D eigenvalue weighted by Gasteiger charge is 2.10. The summed E-state index contributed by atoms with van der Waals surface area (Å²) >= 11 is 0. The molecule has 1 nitrogen and oxygen atoms in total. The first kappa shape index (κ1) is 12.0. The average molecular weight is 269 g/mol. The van der Waals surface area contributed by atoms with E-state index in [4.69, 9.17) is 0 Å². The fraction of sp³-hybridized carbons (Fsp3) is 0. The second kappa shape index (κ2) is 4.64. The van der Waals surface area contributed by atoms with Gasteiger partial charge < -0.3 is 4.98 Å². The Hall–Kier alpha value is -2.80. The van der Waals surface area contributed by atoms with Gasteiger partial charge in [-0.1, -0.05) is 73.3 Å². The van der Waals surface area contributed by atoms with E-state index in [2.05, 4.69) is 72.2 Å². The largest absolute Gasteiger partial charge is 0.354 e. The zero-order chi connectivity index (χ0) is 14.2. The maximum atomic E-state index is 3.93. The predicted molar refractivity (Wildman–Crippen MR) is 91.3 cm³/mol. The third kappa shape index (κ3) is 1.78. The molecule has 0 atom stereocenters. The molecule has 0 fully saturated rings. The summed E-state index contributed by atoms with van der Waals surface area (Å²) in [6, 6.07) is 23.3. The van der Waals surface area contributed by atoms with E-state index in [9.17, 15) is 0 Å². The van der Waals surface area contributed by atoms with Crippen molar-refractivity contribution >= 4 is 27.9 Å². The summed E-state index contributed by atoms with van der Waals surface area (Å²) in [6.07, 6.45) is 1.91. The third-order valence-corrected chi connectivity index (χ3v) is 4.01. The Labute approximate surface area is 123 Å². The molecule has 4 aromatic rings. The Morgan fingerprint density at radius 1 is 0.714 bits per heavy atom. The van der Waals surface area contributed by atoms with Gasteiger partial charge in [0.2, 0.25) is 0 Å². The van der Waals surface area contributed by atoms with Gasteiger partial charge in [-0.25, -0.2) is 0 Å². The smallest absolute Gasteiger partial charge is 0.0544 e. The molecule has 0 radical (unpaired) electrons. The van der Waals surface area contributed by atoms with Crippen LogP contribution in [0.3, 0.4) is 0 Å². The number of hydrogen-bond donors (Lipinski definition) is 1. The van der Waals surface area contributed by atoms with E-state index >= 15 is 0 Å². The first-order valence-electron chi connectivity index (χ1n) is 7.10. The lowest BCUT2D eigenvalue weighted by Gasteiger charge is -2.07. The van der Waals surface area contributed by atoms with Crippen LogP contribution in [0.2, 0.25) is 0 Å². The quantitative estimate of drug-likeness (QED) is 0.485. The van der Waals surface area contributed by atoms with Crippen LogP contribution in [-0.4, -0.2) is 4.98 Å². The number of nitrogens with one attached hydrogen (secondary N) is 1. The molecule has 0 aliphatic heterocycles.